The molecule has 0 unspecified atom stereocenters. The van der Waals surface area contributed by atoms with E-state index in [0.717, 1.165) is 0 Å². The molecule has 0 aliphatic heterocycles. The van der Waals surface area contributed by atoms with Crippen molar-refractivity contribution in [2.45, 2.75) is 0 Å². The summed E-state index contributed by atoms with van der Waals surface area (Å²) in [4.78, 5) is 11.7. The van der Waals surface area contributed by atoms with Crippen LogP contribution in [-0.4, -0.2) is 39.5 Å². The molecule has 4 nitrogen and oxygen atoms in total. The van der Waals surface area contributed by atoms with Crippen molar-refractivity contribution in [1.29, 1.82) is 0 Å². The van der Waals surface area contributed by atoms with Crippen molar-refractivity contribution in [3.05, 3.63) is 33.8 Å². The Morgan fingerprint density at radius 2 is 1.89 bits per heavy atom. The minimum atomic E-state index is -0.516. The van der Waals surface area contributed by atoms with Gasteiger partial charge < -0.3 is 14.2 Å². The van der Waals surface area contributed by atoms with Gasteiger partial charge >= 0.3 is 5.97 Å². The molecule has 6 heteroatoms. The molecule has 0 amide bonds. The van der Waals surface area contributed by atoms with E-state index in [2.05, 4.69) is 0 Å². The zero-order chi connectivity index (χ0) is 13.4. The zero-order valence-electron chi connectivity index (χ0n) is 9.95. The number of carbonyl (C=O) groups is 1. The Morgan fingerprint density at radius 3 is 2.61 bits per heavy atom. The lowest BCUT2D eigenvalue weighted by molar-refractivity contribution is 0.0214. The molecule has 100 valence electrons. The van der Waals surface area contributed by atoms with Gasteiger partial charge in [-0.3, -0.25) is 0 Å². The summed E-state index contributed by atoms with van der Waals surface area (Å²) >= 11 is 11.6. The molecule has 0 saturated carbocycles. The molecule has 0 spiro atoms. The molecule has 0 fully saturated rings. The molecule has 0 bridgehead atoms. The number of ether oxygens (including phenoxy) is 3. The maximum atomic E-state index is 11.7. The van der Waals surface area contributed by atoms with Crippen LogP contribution < -0.4 is 0 Å². The number of methoxy groups -OCH3 is 1. The Hall–Kier alpha value is -0.810. The standard InChI is InChI=1S/C12H14Cl2O4/c1-16-4-5-17-6-7-18-12(15)10-8-9(13)2-3-11(10)14/h2-3,8H,4-7H2,1H3. The van der Waals surface area contributed by atoms with Gasteiger partial charge in [-0.1, -0.05) is 23.2 Å². The molecule has 0 heterocycles. The van der Waals surface area contributed by atoms with Crippen LogP contribution in [0.4, 0.5) is 0 Å². The molecule has 1 aromatic rings. The van der Waals surface area contributed by atoms with Gasteiger partial charge in [-0.2, -0.15) is 0 Å². The number of halogens is 2. The van der Waals surface area contributed by atoms with Gasteiger partial charge in [-0.25, -0.2) is 4.79 Å². The van der Waals surface area contributed by atoms with Crippen LogP contribution >= 0.6 is 23.2 Å². The summed E-state index contributed by atoms with van der Waals surface area (Å²) < 4.78 is 15.0. The molecule has 0 atom stereocenters. The molecular formula is C12H14Cl2O4. The third-order valence-corrected chi connectivity index (χ3v) is 2.61. The average Bonchev–Trinajstić information content (AvgIpc) is 2.36. The lowest BCUT2D eigenvalue weighted by atomic mass is 10.2. The van der Waals surface area contributed by atoms with Crippen LogP contribution in [0, 0.1) is 0 Å². The normalized spacial score (nSPS) is 10.4. The molecule has 1 rings (SSSR count). The van der Waals surface area contributed by atoms with E-state index in [1.807, 2.05) is 0 Å². The first kappa shape index (κ1) is 15.2. The summed E-state index contributed by atoms with van der Waals surface area (Å²) in [7, 11) is 1.59. The minimum Gasteiger partial charge on any atom is -0.460 e. The zero-order valence-corrected chi connectivity index (χ0v) is 11.5. The van der Waals surface area contributed by atoms with Crippen LogP contribution in [0.1, 0.15) is 10.4 Å². The van der Waals surface area contributed by atoms with Crippen molar-refractivity contribution in [3.63, 3.8) is 0 Å². The highest BCUT2D eigenvalue weighted by Gasteiger charge is 2.12. The topological polar surface area (TPSA) is 44.8 Å². The number of rotatable bonds is 7. The van der Waals surface area contributed by atoms with Gasteiger partial charge in [-0.05, 0) is 18.2 Å². The highest BCUT2D eigenvalue weighted by molar-refractivity contribution is 6.35. The number of benzene rings is 1. The van der Waals surface area contributed by atoms with Crippen LogP contribution in [0.2, 0.25) is 10.0 Å². The van der Waals surface area contributed by atoms with Crippen molar-refractivity contribution in [2.75, 3.05) is 33.5 Å². The maximum Gasteiger partial charge on any atom is 0.339 e. The fourth-order valence-electron chi connectivity index (χ4n) is 1.17. The second kappa shape index (κ2) is 8.32. The molecule has 0 radical (unpaired) electrons. The Morgan fingerprint density at radius 1 is 1.17 bits per heavy atom. The first-order valence-corrected chi connectivity index (χ1v) is 6.09. The predicted octanol–water partition coefficient (Wildman–Crippen LogP) is 2.81. The van der Waals surface area contributed by atoms with Crippen molar-refractivity contribution >= 4 is 29.2 Å². The van der Waals surface area contributed by atoms with E-state index < -0.39 is 5.97 Å². The Labute approximate surface area is 116 Å². The number of hydrogen-bond acceptors (Lipinski definition) is 4. The number of esters is 1. The van der Waals surface area contributed by atoms with Gasteiger partial charge in [0.1, 0.15) is 6.61 Å². The Kier molecular flexibility index (Phi) is 7.05. The van der Waals surface area contributed by atoms with Crippen molar-refractivity contribution in [1.82, 2.24) is 0 Å². The SMILES string of the molecule is COCCOCCOC(=O)c1cc(Cl)ccc1Cl. The quantitative estimate of drug-likeness (QED) is 0.573. The Bertz CT molecular complexity index is 396. The van der Waals surface area contributed by atoms with Gasteiger partial charge in [-0.15, -0.1) is 0 Å². The molecule has 0 saturated heterocycles. The van der Waals surface area contributed by atoms with E-state index in [1.54, 1.807) is 19.2 Å². The molecule has 0 aliphatic carbocycles. The summed E-state index contributed by atoms with van der Waals surface area (Å²) in [5.74, 6) is -0.516. The maximum absolute atomic E-state index is 11.7. The summed E-state index contributed by atoms with van der Waals surface area (Å²) in [6.07, 6.45) is 0. The van der Waals surface area contributed by atoms with Gasteiger partial charge in [0.05, 0.1) is 30.4 Å². The third kappa shape index (κ3) is 5.23. The third-order valence-electron chi connectivity index (χ3n) is 2.04. The van der Waals surface area contributed by atoms with Crippen molar-refractivity contribution < 1.29 is 19.0 Å². The highest BCUT2D eigenvalue weighted by atomic mass is 35.5. The second-order valence-electron chi connectivity index (χ2n) is 3.37. The minimum absolute atomic E-state index is 0.158. The smallest absolute Gasteiger partial charge is 0.339 e. The van der Waals surface area contributed by atoms with E-state index >= 15 is 0 Å². The van der Waals surface area contributed by atoms with Crippen LogP contribution in [-0.2, 0) is 14.2 Å². The molecule has 1 aromatic carbocycles. The van der Waals surface area contributed by atoms with E-state index in [9.17, 15) is 4.79 Å². The van der Waals surface area contributed by atoms with Crippen molar-refractivity contribution in [3.8, 4) is 0 Å². The number of hydrogen-bond donors (Lipinski definition) is 0. The fraction of sp³-hybridized carbons (Fsp3) is 0.417. The van der Waals surface area contributed by atoms with Crippen LogP contribution in [0.3, 0.4) is 0 Å². The van der Waals surface area contributed by atoms with Gasteiger partial charge in [0.2, 0.25) is 0 Å². The van der Waals surface area contributed by atoms with Gasteiger partial charge in [0.15, 0.2) is 0 Å². The molecule has 0 aliphatic rings. The first-order chi connectivity index (χ1) is 8.65. The summed E-state index contributed by atoms with van der Waals surface area (Å²) in [6.45, 7) is 1.44. The van der Waals surface area contributed by atoms with E-state index in [1.165, 1.54) is 6.07 Å². The fourth-order valence-corrected chi connectivity index (χ4v) is 1.54. The molecule has 18 heavy (non-hydrogen) atoms. The average molecular weight is 293 g/mol. The summed E-state index contributed by atoms with van der Waals surface area (Å²) in [5, 5.41) is 0.743. The van der Waals surface area contributed by atoms with Crippen LogP contribution in [0.5, 0.6) is 0 Å². The number of carbonyl (C=O) groups excluding carboxylic acids is 1. The first-order valence-electron chi connectivity index (χ1n) is 5.34. The van der Waals surface area contributed by atoms with E-state index in [0.29, 0.717) is 29.9 Å². The second-order valence-corrected chi connectivity index (χ2v) is 4.21. The molecule has 0 aromatic heterocycles. The molecule has 0 N–H and O–H groups in total. The predicted molar refractivity (Wildman–Crippen MR) is 69.4 cm³/mol. The largest absolute Gasteiger partial charge is 0.460 e. The van der Waals surface area contributed by atoms with Crippen molar-refractivity contribution in [2.24, 2.45) is 0 Å². The van der Waals surface area contributed by atoms with Crippen LogP contribution in [0.25, 0.3) is 0 Å². The Balaban J connectivity index is 2.34. The lowest BCUT2D eigenvalue weighted by Crippen LogP contribution is -2.13. The highest BCUT2D eigenvalue weighted by Crippen LogP contribution is 2.21. The molecular weight excluding hydrogens is 279 g/mol. The summed E-state index contributed by atoms with van der Waals surface area (Å²) in [5.41, 5.74) is 0.251. The van der Waals surface area contributed by atoms with E-state index in [-0.39, 0.29) is 12.2 Å². The van der Waals surface area contributed by atoms with E-state index in [4.69, 9.17) is 37.4 Å². The summed E-state index contributed by atoms with van der Waals surface area (Å²) in [6, 6.07) is 4.63. The monoisotopic (exact) mass is 292 g/mol. The van der Waals surface area contributed by atoms with Gasteiger partial charge in [0.25, 0.3) is 0 Å². The lowest BCUT2D eigenvalue weighted by Gasteiger charge is -2.07. The van der Waals surface area contributed by atoms with Gasteiger partial charge in [0, 0.05) is 12.1 Å². The van der Waals surface area contributed by atoms with Crippen LogP contribution in [0.15, 0.2) is 18.2 Å².